The number of nitrogens with one attached hydrogen (secondary N) is 1. The molecule has 0 saturated carbocycles. The quantitative estimate of drug-likeness (QED) is 0.697. The highest BCUT2D eigenvalue weighted by molar-refractivity contribution is 7.17. The lowest BCUT2D eigenvalue weighted by molar-refractivity contribution is 0.0702. The van der Waals surface area contributed by atoms with Gasteiger partial charge in [0.05, 0.1) is 6.20 Å². The average molecular weight is 256 g/mol. The van der Waals surface area contributed by atoms with E-state index in [1.54, 1.807) is 0 Å². The molecule has 1 atom stereocenters. The molecule has 1 aromatic rings. The van der Waals surface area contributed by atoms with Crippen molar-refractivity contribution in [3.8, 4) is 0 Å². The van der Waals surface area contributed by atoms with Crippen LogP contribution in [0, 0.1) is 0 Å². The standard InChI is InChI=1S/C12H20N2O2S/c1-3-4-5-6-7-9(2)14-12-13-8-10(17-12)11(15)16/h8-9H,3-7H2,1-2H3,(H,13,14)(H,15,16). The largest absolute Gasteiger partial charge is 0.477 e. The summed E-state index contributed by atoms with van der Waals surface area (Å²) in [6, 6.07) is 0.347. The molecule has 4 nitrogen and oxygen atoms in total. The molecule has 0 bridgehead atoms. The molecule has 0 aromatic carbocycles. The lowest BCUT2D eigenvalue weighted by Crippen LogP contribution is -2.14. The SMILES string of the molecule is CCCCCCC(C)Nc1ncc(C(=O)O)s1. The van der Waals surface area contributed by atoms with Crippen molar-refractivity contribution in [1.29, 1.82) is 0 Å². The topological polar surface area (TPSA) is 62.2 Å². The Balaban J connectivity index is 2.29. The predicted molar refractivity (Wildman–Crippen MR) is 70.9 cm³/mol. The molecule has 0 spiro atoms. The molecule has 0 aliphatic carbocycles. The molecule has 2 N–H and O–H groups in total. The summed E-state index contributed by atoms with van der Waals surface area (Å²) in [5.41, 5.74) is 0. The van der Waals surface area contributed by atoms with Crippen LogP contribution < -0.4 is 5.32 Å². The van der Waals surface area contributed by atoms with Crippen LogP contribution in [-0.2, 0) is 0 Å². The molecule has 17 heavy (non-hydrogen) atoms. The van der Waals surface area contributed by atoms with E-state index in [-0.39, 0.29) is 4.88 Å². The summed E-state index contributed by atoms with van der Waals surface area (Å²) < 4.78 is 0. The van der Waals surface area contributed by atoms with Crippen molar-refractivity contribution in [2.24, 2.45) is 0 Å². The smallest absolute Gasteiger partial charge is 0.347 e. The first-order chi connectivity index (χ1) is 8.13. The lowest BCUT2D eigenvalue weighted by Gasteiger charge is -2.12. The first-order valence-electron chi connectivity index (χ1n) is 6.09. The number of rotatable bonds is 8. The predicted octanol–water partition coefficient (Wildman–Crippen LogP) is 3.61. The first-order valence-corrected chi connectivity index (χ1v) is 6.90. The Labute approximate surface area is 106 Å². The molecule has 96 valence electrons. The Morgan fingerprint density at radius 2 is 2.29 bits per heavy atom. The molecule has 0 fully saturated rings. The fraction of sp³-hybridized carbons (Fsp3) is 0.667. The minimum Gasteiger partial charge on any atom is -0.477 e. The summed E-state index contributed by atoms with van der Waals surface area (Å²) in [7, 11) is 0. The summed E-state index contributed by atoms with van der Waals surface area (Å²) in [6.45, 7) is 4.30. The molecular weight excluding hydrogens is 236 g/mol. The van der Waals surface area contributed by atoms with E-state index < -0.39 is 5.97 Å². The number of hydrogen-bond donors (Lipinski definition) is 2. The van der Waals surface area contributed by atoms with Gasteiger partial charge in [-0.1, -0.05) is 43.9 Å². The number of carbonyl (C=O) groups is 1. The van der Waals surface area contributed by atoms with Gasteiger partial charge in [-0.25, -0.2) is 9.78 Å². The minimum atomic E-state index is -0.911. The van der Waals surface area contributed by atoms with Crippen LogP contribution in [0.1, 0.15) is 55.6 Å². The number of thiazole rings is 1. The van der Waals surface area contributed by atoms with E-state index >= 15 is 0 Å². The zero-order valence-corrected chi connectivity index (χ0v) is 11.2. The van der Waals surface area contributed by atoms with Gasteiger partial charge in [-0.05, 0) is 13.3 Å². The fourth-order valence-corrected chi connectivity index (χ4v) is 2.37. The van der Waals surface area contributed by atoms with Crippen LogP contribution in [0.2, 0.25) is 0 Å². The number of unbranched alkanes of at least 4 members (excludes halogenated alkanes) is 3. The van der Waals surface area contributed by atoms with Gasteiger partial charge in [-0.2, -0.15) is 0 Å². The van der Waals surface area contributed by atoms with Gasteiger partial charge in [0.15, 0.2) is 5.13 Å². The molecule has 0 aliphatic rings. The maximum Gasteiger partial charge on any atom is 0.347 e. The summed E-state index contributed by atoms with van der Waals surface area (Å²) >= 11 is 1.19. The van der Waals surface area contributed by atoms with E-state index in [1.807, 2.05) is 0 Å². The number of hydrogen-bond acceptors (Lipinski definition) is 4. The zero-order chi connectivity index (χ0) is 12.7. The Hall–Kier alpha value is -1.10. The molecule has 5 heteroatoms. The van der Waals surface area contributed by atoms with Crippen LogP contribution in [0.3, 0.4) is 0 Å². The van der Waals surface area contributed by atoms with Crippen molar-refractivity contribution in [3.05, 3.63) is 11.1 Å². The third-order valence-electron chi connectivity index (χ3n) is 2.58. The minimum absolute atomic E-state index is 0.283. The first kappa shape index (κ1) is 14.0. The second kappa shape index (κ2) is 7.27. The Morgan fingerprint density at radius 1 is 1.53 bits per heavy atom. The molecule has 0 radical (unpaired) electrons. The van der Waals surface area contributed by atoms with Crippen molar-refractivity contribution in [1.82, 2.24) is 4.98 Å². The molecule has 0 amide bonds. The van der Waals surface area contributed by atoms with Crippen LogP contribution >= 0.6 is 11.3 Å². The summed E-state index contributed by atoms with van der Waals surface area (Å²) in [5.74, 6) is -0.911. The van der Waals surface area contributed by atoms with Gasteiger partial charge >= 0.3 is 5.97 Å². The fourth-order valence-electron chi connectivity index (χ4n) is 1.60. The maximum absolute atomic E-state index is 10.7. The highest BCUT2D eigenvalue weighted by atomic mass is 32.1. The number of nitrogens with zero attached hydrogens (tertiary/aromatic N) is 1. The maximum atomic E-state index is 10.7. The average Bonchev–Trinajstić information content (AvgIpc) is 2.73. The van der Waals surface area contributed by atoms with Gasteiger partial charge < -0.3 is 10.4 Å². The highest BCUT2D eigenvalue weighted by Crippen LogP contribution is 2.19. The Kier molecular flexibility index (Phi) is 5.97. The van der Waals surface area contributed by atoms with Gasteiger partial charge in [0, 0.05) is 6.04 Å². The molecule has 0 aliphatic heterocycles. The third-order valence-corrected chi connectivity index (χ3v) is 3.49. The number of aromatic carboxylic acids is 1. The van der Waals surface area contributed by atoms with Crippen molar-refractivity contribution < 1.29 is 9.90 Å². The zero-order valence-electron chi connectivity index (χ0n) is 10.4. The number of anilines is 1. The van der Waals surface area contributed by atoms with E-state index in [0.29, 0.717) is 11.2 Å². The molecule has 1 aromatic heterocycles. The Morgan fingerprint density at radius 3 is 2.88 bits per heavy atom. The van der Waals surface area contributed by atoms with Crippen molar-refractivity contribution in [3.63, 3.8) is 0 Å². The monoisotopic (exact) mass is 256 g/mol. The molecule has 0 saturated heterocycles. The van der Waals surface area contributed by atoms with Gasteiger partial charge in [0.2, 0.25) is 0 Å². The van der Waals surface area contributed by atoms with Crippen molar-refractivity contribution >= 4 is 22.4 Å². The van der Waals surface area contributed by atoms with Gasteiger partial charge in [0.1, 0.15) is 4.88 Å². The number of carboxylic acid groups (broad SMARTS) is 1. The van der Waals surface area contributed by atoms with Crippen LogP contribution in [-0.4, -0.2) is 22.1 Å². The van der Waals surface area contributed by atoms with Gasteiger partial charge in [0.25, 0.3) is 0 Å². The highest BCUT2D eigenvalue weighted by Gasteiger charge is 2.10. The summed E-state index contributed by atoms with van der Waals surface area (Å²) in [6.07, 6.45) is 7.50. The van der Waals surface area contributed by atoms with Crippen LogP contribution in [0.15, 0.2) is 6.20 Å². The van der Waals surface area contributed by atoms with Gasteiger partial charge in [-0.15, -0.1) is 0 Å². The summed E-state index contributed by atoms with van der Waals surface area (Å²) in [5, 5.41) is 12.7. The number of carboxylic acids is 1. The van der Waals surface area contributed by atoms with Crippen molar-refractivity contribution in [2.75, 3.05) is 5.32 Å². The molecule has 1 heterocycles. The second-order valence-electron chi connectivity index (χ2n) is 4.23. The van der Waals surface area contributed by atoms with E-state index in [2.05, 4.69) is 24.1 Å². The number of aromatic nitrogens is 1. The van der Waals surface area contributed by atoms with E-state index in [1.165, 1.54) is 43.2 Å². The molecule has 1 unspecified atom stereocenters. The van der Waals surface area contributed by atoms with Crippen molar-refractivity contribution in [2.45, 2.75) is 52.0 Å². The van der Waals surface area contributed by atoms with E-state index in [0.717, 1.165) is 6.42 Å². The summed E-state index contributed by atoms with van der Waals surface area (Å²) in [4.78, 5) is 15.0. The van der Waals surface area contributed by atoms with E-state index in [4.69, 9.17) is 5.11 Å². The van der Waals surface area contributed by atoms with Crippen LogP contribution in [0.4, 0.5) is 5.13 Å². The van der Waals surface area contributed by atoms with Crippen LogP contribution in [0.25, 0.3) is 0 Å². The third kappa shape index (κ3) is 5.17. The second-order valence-corrected chi connectivity index (χ2v) is 5.26. The Bertz CT molecular complexity index is 352. The lowest BCUT2D eigenvalue weighted by atomic mass is 10.1. The normalized spacial score (nSPS) is 12.4. The van der Waals surface area contributed by atoms with Gasteiger partial charge in [-0.3, -0.25) is 0 Å². The van der Waals surface area contributed by atoms with E-state index in [9.17, 15) is 4.79 Å². The molecule has 1 rings (SSSR count). The van der Waals surface area contributed by atoms with Crippen LogP contribution in [0.5, 0.6) is 0 Å². The molecular formula is C12H20N2O2S.